The van der Waals surface area contributed by atoms with Crippen molar-refractivity contribution in [2.24, 2.45) is 0 Å². The molecule has 202 valence electrons. The zero-order chi connectivity index (χ0) is 27.9. The Hall–Kier alpha value is -3.07. The van der Waals surface area contributed by atoms with Crippen LogP contribution in [0, 0.1) is 6.92 Å². The molecule has 0 unspecified atom stereocenters. The van der Waals surface area contributed by atoms with Gasteiger partial charge in [-0.15, -0.1) is 0 Å². The number of amides is 2. The lowest BCUT2D eigenvalue weighted by molar-refractivity contribution is -0.140. The molecule has 3 aromatic rings. The van der Waals surface area contributed by atoms with E-state index in [1.807, 2.05) is 43.3 Å². The molecule has 0 spiro atoms. The predicted molar refractivity (Wildman–Crippen MR) is 153 cm³/mol. The van der Waals surface area contributed by atoms with Gasteiger partial charge in [-0.2, -0.15) is 0 Å². The molecule has 1 N–H and O–H groups in total. The van der Waals surface area contributed by atoms with Crippen LogP contribution in [0.15, 0.2) is 72.8 Å². The van der Waals surface area contributed by atoms with E-state index in [9.17, 15) is 18.0 Å². The largest absolute Gasteiger partial charge is 0.355 e. The number of hydrogen-bond acceptors (Lipinski definition) is 4. The fourth-order valence-electron chi connectivity index (χ4n) is 4.08. The SMILES string of the molecule is CCNC(=O)[C@H](Cc1ccccc1)N(Cc1ccc(Cl)cc1Cl)C(=O)CN(c1cccc(C)c1)S(C)(=O)=O. The number of anilines is 1. The van der Waals surface area contributed by atoms with Gasteiger partial charge in [0.25, 0.3) is 0 Å². The molecule has 3 rings (SSSR count). The summed E-state index contributed by atoms with van der Waals surface area (Å²) in [5, 5.41) is 3.59. The molecule has 2 amide bonds. The lowest BCUT2D eigenvalue weighted by Crippen LogP contribution is -2.53. The van der Waals surface area contributed by atoms with Crippen molar-refractivity contribution in [1.29, 1.82) is 0 Å². The number of carbonyl (C=O) groups is 2. The molecule has 0 aliphatic heterocycles. The molecule has 0 aliphatic rings. The van der Waals surface area contributed by atoms with Crippen LogP contribution in [-0.4, -0.2) is 50.5 Å². The summed E-state index contributed by atoms with van der Waals surface area (Å²) >= 11 is 12.5. The van der Waals surface area contributed by atoms with E-state index in [-0.39, 0.29) is 18.9 Å². The second-order valence-corrected chi connectivity index (χ2v) is 11.7. The zero-order valence-corrected chi connectivity index (χ0v) is 23.9. The molecular weight excluding hydrogens is 545 g/mol. The molecule has 0 radical (unpaired) electrons. The highest BCUT2D eigenvalue weighted by Crippen LogP contribution is 2.25. The van der Waals surface area contributed by atoms with Crippen LogP contribution in [-0.2, 0) is 32.6 Å². The summed E-state index contributed by atoms with van der Waals surface area (Å²) in [6.45, 7) is 3.49. The molecule has 3 aromatic carbocycles. The van der Waals surface area contributed by atoms with E-state index in [2.05, 4.69) is 5.32 Å². The van der Waals surface area contributed by atoms with Crippen LogP contribution >= 0.6 is 23.2 Å². The van der Waals surface area contributed by atoms with E-state index < -0.39 is 28.5 Å². The number of nitrogens with one attached hydrogen (secondary N) is 1. The van der Waals surface area contributed by atoms with Crippen LogP contribution in [0.5, 0.6) is 0 Å². The van der Waals surface area contributed by atoms with Crippen molar-refractivity contribution in [1.82, 2.24) is 10.2 Å². The Labute approximate surface area is 234 Å². The smallest absolute Gasteiger partial charge is 0.244 e. The van der Waals surface area contributed by atoms with Crippen LogP contribution < -0.4 is 9.62 Å². The number of likely N-dealkylation sites (N-methyl/N-ethyl adjacent to an activating group) is 1. The zero-order valence-electron chi connectivity index (χ0n) is 21.5. The summed E-state index contributed by atoms with van der Waals surface area (Å²) in [5.41, 5.74) is 2.64. The second kappa shape index (κ2) is 13.1. The first-order chi connectivity index (χ1) is 18.0. The third-order valence-corrected chi connectivity index (χ3v) is 7.67. The molecule has 0 aliphatic carbocycles. The summed E-state index contributed by atoms with van der Waals surface area (Å²) in [5.74, 6) is -0.897. The number of rotatable bonds is 11. The number of carbonyl (C=O) groups excluding carboxylic acids is 2. The van der Waals surface area contributed by atoms with E-state index in [0.717, 1.165) is 21.7 Å². The van der Waals surface area contributed by atoms with Gasteiger partial charge in [-0.05, 0) is 54.8 Å². The van der Waals surface area contributed by atoms with Crippen molar-refractivity contribution >= 4 is 50.7 Å². The maximum Gasteiger partial charge on any atom is 0.244 e. The number of sulfonamides is 1. The molecule has 0 saturated heterocycles. The Morgan fingerprint density at radius 2 is 1.68 bits per heavy atom. The highest BCUT2D eigenvalue weighted by molar-refractivity contribution is 7.92. The summed E-state index contributed by atoms with van der Waals surface area (Å²) in [6.07, 6.45) is 1.28. The highest BCUT2D eigenvalue weighted by Gasteiger charge is 2.33. The van der Waals surface area contributed by atoms with Gasteiger partial charge >= 0.3 is 0 Å². The lowest BCUT2D eigenvalue weighted by Gasteiger charge is -2.33. The minimum absolute atomic E-state index is 0.0190. The second-order valence-electron chi connectivity index (χ2n) is 8.97. The van der Waals surface area contributed by atoms with Gasteiger partial charge in [-0.3, -0.25) is 13.9 Å². The summed E-state index contributed by atoms with van der Waals surface area (Å²) in [6, 6.07) is 20.2. The van der Waals surface area contributed by atoms with Gasteiger partial charge in [-0.1, -0.05) is 71.7 Å². The Bertz CT molecular complexity index is 1380. The van der Waals surface area contributed by atoms with E-state index in [1.54, 1.807) is 43.3 Å². The van der Waals surface area contributed by atoms with Crippen LogP contribution in [0.3, 0.4) is 0 Å². The molecule has 10 heteroatoms. The standard InChI is InChI=1S/C28H31Cl2N3O4S/c1-4-31-28(35)26(16-21-10-6-5-7-11-21)32(18-22-13-14-23(29)17-25(22)30)27(34)19-33(38(3,36)37)24-12-8-9-20(2)15-24/h5-15,17,26H,4,16,18-19H2,1-3H3,(H,31,35)/t26-/m0/s1. The van der Waals surface area contributed by atoms with Crippen LogP contribution in [0.1, 0.15) is 23.6 Å². The number of aryl methyl sites for hydroxylation is 1. The Morgan fingerprint density at radius 1 is 0.974 bits per heavy atom. The highest BCUT2D eigenvalue weighted by atomic mass is 35.5. The van der Waals surface area contributed by atoms with Gasteiger partial charge in [0.05, 0.1) is 11.9 Å². The van der Waals surface area contributed by atoms with Crippen LogP contribution in [0.25, 0.3) is 0 Å². The monoisotopic (exact) mass is 575 g/mol. The molecule has 0 heterocycles. The molecule has 7 nitrogen and oxygen atoms in total. The first kappa shape index (κ1) is 29.5. The molecule has 0 aromatic heterocycles. The van der Waals surface area contributed by atoms with E-state index >= 15 is 0 Å². The third kappa shape index (κ3) is 7.96. The predicted octanol–water partition coefficient (Wildman–Crippen LogP) is 4.84. The van der Waals surface area contributed by atoms with Crippen LogP contribution in [0.2, 0.25) is 10.0 Å². The van der Waals surface area contributed by atoms with Gasteiger partial charge in [0, 0.05) is 29.6 Å². The minimum atomic E-state index is -3.82. The molecule has 0 saturated carbocycles. The molecule has 38 heavy (non-hydrogen) atoms. The fraction of sp³-hybridized carbons (Fsp3) is 0.286. The van der Waals surface area contributed by atoms with Crippen molar-refractivity contribution in [2.75, 3.05) is 23.7 Å². The van der Waals surface area contributed by atoms with Crippen molar-refractivity contribution in [2.45, 2.75) is 32.9 Å². The Morgan fingerprint density at radius 3 is 2.29 bits per heavy atom. The summed E-state index contributed by atoms with van der Waals surface area (Å²) in [4.78, 5) is 28.7. The quantitative estimate of drug-likeness (QED) is 0.354. The first-order valence-corrected chi connectivity index (χ1v) is 14.7. The fourth-order valence-corrected chi connectivity index (χ4v) is 5.39. The van der Waals surface area contributed by atoms with E-state index in [0.29, 0.717) is 27.8 Å². The van der Waals surface area contributed by atoms with Gasteiger partial charge in [0.15, 0.2) is 0 Å². The van der Waals surface area contributed by atoms with Crippen molar-refractivity contribution in [3.05, 3.63) is 99.5 Å². The molecule has 0 fully saturated rings. The average Bonchev–Trinajstić information content (AvgIpc) is 2.85. The summed E-state index contributed by atoms with van der Waals surface area (Å²) in [7, 11) is -3.82. The summed E-state index contributed by atoms with van der Waals surface area (Å²) < 4.78 is 26.6. The van der Waals surface area contributed by atoms with Gasteiger partial charge in [0.2, 0.25) is 21.8 Å². The topological polar surface area (TPSA) is 86.8 Å². The average molecular weight is 577 g/mol. The van der Waals surface area contributed by atoms with E-state index in [1.165, 1.54) is 4.90 Å². The van der Waals surface area contributed by atoms with Crippen LogP contribution in [0.4, 0.5) is 5.69 Å². The molecule has 0 bridgehead atoms. The minimum Gasteiger partial charge on any atom is -0.355 e. The molecular formula is C28H31Cl2N3O4S. The Kier molecular flexibility index (Phi) is 10.2. The lowest BCUT2D eigenvalue weighted by atomic mass is 10.0. The number of hydrogen-bond donors (Lipinski definition) is 1. The van der Waals surface area contributed by atoms with Gasteiger partial charge < -0.3 is 10.2 Å². The normalized spacial score (nSPS) is 12.0. The maximum absolute atomic E-state index is 14.0. The van der Waals surface area contributed by atoms with Gasteiger partial charge in [0.1, 0.15) is 12.6 Å². The number of nitrogens with zero attached hydrogens (tertiary/aromatic N) is 2. The van der Waals surface area contributed by atoms with E-state index in [4.69, 9.17) is 23.2 Å². The molecule has 1 atom stereocenters. The van der Waals surface area contributed by atoms with Crippen molar-refractivity contribution < 1.29 is 18.0 Å². The van der Waals surface area contributed by atoms with Crippen molar-refractivity contribution in [3.63, 3.8) is 0 Å². The van der Waals surface area contributed by atoms with Crippen molar-refractivity contribution in [3.8, 4) is 0 Å². The number of benzene rings is 3. The maximum atomic E-state index is 14.0. The Balaban J connectivity index is 2.07. The number of halogens is 2. The third-order valence-electron chi connectivity index (χ3n) is 5.95. The first-order valence-electron chi connectivity index (χ1n) is 12.1. The van der Waals surface area contributed by atoms with Gasteiger partial charge in [-0.25, -0.2) is 8.42 Å².